The molecule has 7 heteroatoms. The van der Waals surface area contributed by atoms with Gasteiger partial charge < -0.3 is 15.6 Å². The Labute approximate surface area is 118 Å². The molecule has 0 aromatic carbocycles. The van der Waals surface area contributed by atoms with Crippen LogP contribution in [-0.4, -0.2) is 28.5 Å². The number of hydrogen-bond donors (Lipinski definition) is 2. The number of nitrogens with zero attached hydrogens (tertiary/aromatic N) is 2. The van der Waals surface area contributed by atoms with E-state index in [2.05, 4.69) is 5.32 Å². The van der Waals surface area contributed by atoms with Gasteiger partial charge in [0, 0.05) is 19.7 Å². The lowest BCUT2D eigenvalue weighted by Gasteiger charge is -2.05. The van der Waals surface area contributed by atoms with E-state index in [-0.39, 0.29) is 11.6 Å². The number of carbonyl (C=O) groups excluding carboxylic acids is 1. The SMILES string of the molecule is Cn1cc([N+](=O)[O-])cc1C(=O)NCCCCCCCN. The number of hydrogen-bond acceptors (Lipinski definition) is 4. The van der Waals surface area contributed by atoms with Gasteiger partial charge in [0.15, 0.2) is 0 Å². The van der Waals surface area contributed by atoms with Crippen molar-refractivity contribution in [1.82, 2.24) is 9.88 Å². The Morgan fingerprint density at radius 2 is 2.00 bits per heavy atom. The zero-order valence-electron chi connectivity index (χ0n) is 11.8. The maximum atomic E-state index is 11.9. The molecule has 0 saturated carbocycles. The third-order valence-corrected chi connectivity index (χ3v) is 3.10. The highest BCUT2D eigenvalue weighted by Crippen LogP contribution is 2.14. The highest BCUT2D eigenvalue weighted by atomic mass is 16.6. The lowest BCUT2D eigenvalue weighted by Crippen LogP contribution is -2.26. The minimum absolute atomic E-state index is 0.0700. The van der Waals surface area contributed by atoms with Crippen molar-refractivity contribution < 1.29 is 9.72 Å². The highest BCUT2D eigenvalue weighted by molar-refractivity contribution is 5.93. The summed E-state index contributed by atoms with van der Waals surface area (Å²) in [6, 6.07) is 1.29. The van der Waals surface area contributed by atoms with Crippen LogP contribution in [0.2, 0.25) is 0 Å². The molecule has 0 fully saturated rings. The predicted molar refractivity (Wildman–Crippen MR) is 76.5 cm³/mol. The fraction of sp³-hybridized carbons (Fsp3) is 0.615. The van der Waals surface area contributed by atoms with Crippen LogP contribution in [0.3, 0.4) is 0 Å². The van der Waals surface area contributed by atoms with Gasteiger partial charge in [0.1, 0.15) is 5.69 Å². The van der Waals surface area contributed by atoms with Crippen LogP contribution in [0.15, 0.2) is 12.3 Å². The summed E-state index contributed by atoms with van der Waals surface area (Å²) in [4.78, 5) is 22.0. The van der Waals surface area contributed by atoms with E-state index in [1.165, 1.54) is 16.8 Å². The van der Waals surface area contributed by atoms with Gasteiger partial charge in [-0.1, -0.05) is 19.3 Å². The first-order valence-corrected chi connectivity index (χ1v) is 6.85. The molecule has 0 aliphatic heterocycles. The summed E-state index contributed by atoms with van der Waals surface area (Å²) in [7, 11) is 1.62. The molecule has 7 nitrogen and oxygen atoms in total. The van der Waals surface area contributed by atoms with Gasteiger partial charge in [0.05, 0.1) is 11.1 Å². The summed E-state index contributed by atoms with van der Waals surface area (Å²) < 4.78 is 1.47. The van der Waals surface area contributed by atoms with Gasteiger partial charge in [0.2, 0.25) is 0 Å². The van der Waals surface area contributed by atoms with Crippen molar-refractivity contribution in [2.45, 2.75) is 32.1 Å². The average molecular weight is 282 g/mol. The molecule has 0 unspecified atom stereocenters. The molecule has 0 bridgehead atoms. The van der Waals surface area contributed by atoms with E-state index in [1.54, 1.807) is 7.05 Å². The number of rotatable bonds is 9. The monoisotopic (exact) mass is 282 g/mol. The third kappa shape index (κ3) is 5.00. The minimum atomic E-state index is -0.506. The summed E-state index contributed by atoms with van der Waals surface area (Å²) >= 11 is 0. The van der Waals surface area contributed by atoms with Crippen molar-refractivity contribution in [2.24, 2.45) is 12.8 Å². The Morgan fingerprint density at radius 1 is 1.35 bits per heavy atom. The normalized spacial score (nSPS) is 10.5. The fourth-order valence-corrected chi connectivity index (χ4v) is 1.96. The number of amides is 1. The van der Waals surface area contributed by atoms with Crippen molar-refractivity contribution in [3.05, 3.63) is 28.1 Å². The summed E-state index contributed by atoms with van der Waals surface area (Å²) in [5, 5.41) is 13.4. The number of nitro groups is 1. The van der Waals surface area contributed by atoms with Crippen LogP contribution < -0.4 is 11.1 Å². The van der Waals surface area contributed by atoms with E-state index in [1.807, 2.05) is 0 Å². The standard InChI is InChI=1S/C13H22N4O3/c1-16-10-11(17(19)20)9-12(16)13(18)15-8-6-4-2-3-5-7-14/h9-10H,2-8,14H2,1H3,(H,15,18). The van der Waals surface area contributed by atoms with Crippen LogP contribution in [0.25, 0.3) is 0 Å². The largest absolute Gasteiger partial charge is 0.351 e. The van der Waals surface area contributed by atoms with Crippen LogP contribution in [0.5, 0.6) is 0 Å². The number of nitrogens with one attached hydrogen (secondary N) is 1. The first-order valence-electron chi connectivity index (χ1n) is 6.85. The van der Waals surface area contributed by atoms with Crippen molar-refractivity contribution in [3.8, 4) is 0 Å². The van der Waals surface area contributed by atoms with Crippen molar-refractivity contribution >= 4 is 11.6 Å². The van der Waals surface area contributed by atoms with Gasteiger partial charge in [-0.15, -0.1) is 0 Å². The molecule has 1 aromatic rings. The second-order valence-corrected chi connectivity index (χ2v) is 4.76. The molecule has 20 heavy (non-hydrogen) atoms. The molecule has 0 aliphatic carbocycles. The molecule has 112 valence electrons. The number of carbonyl (C=O) groups is 1. The smallest absolute Gasteiger partial charge is 0.287 e. The zero-order valence-corrected chi connectivity index (χ0v) is 11.8. The average Bonchev–Trinajstić information content (AvgIpc) is 2.80. The van der Waals surface area contributed by atoms with E-state index in [0.29, 0.717) is 12.2 Å². The van der Waals surface area contributed by atoms with Crippen LogP contribution >= 0.6 is 0 Å². The first-order chi connectivity index (χ1) is 9.56. The third-order valence-electron chi connectivity index (χ3n) is 3.10. The van der Waals surface area contributed by atoms with Gasteiger partial charge in [-0.05, 0) is 19.4 Å². The number of unbranched alkanes of at least 4 members (excludes halogenated alkanes) is 4. The molecular formula is C13H22N4O3. The first kappa shape index (κ1) is 16.2. The fourth-order valence-electron chi connectivity index (χ4n) is 1.96. The molecule has 0 aliphatic rings. The van der Waals surface area contributed by atoms with E-state index >= 15 is 0 Å². The van der Waals surface area contributed by atoms with E-state index in [9.17, 15) is 14.9 Å². The van der Waals surface area contributed by atoms with E-state index in [4.69, 9.17) is 5.73 Å². The molecule has 0 radical (unpaired) electrons. The van der Waals surface area contributed by atoms with Crippen molar-refractivity contribution in [2.75, 3.05) is 13.1 Å². The number of nitrogens with two attached hydrogens (primary N) is 1. The van der Waals surface area contributed by atoms with Crippen molar-refractivity contribution in [3.63, 3.8) is 0 Å². The van der Waals surface area contributed by atoms with Gasteiger partial charge in [-0.25, -0.2) is 0 Å². The van der Waals surface area contributed by atoms with Gasteiger partial charge in [-0.2, -0.15) is 0 Å². The molecule has 1 rings (SSSR count). The molecule has 0 atom stereocenters. The zero-order chi connectivity index (χ0) is 15.0. The summed E-state index contributed by atoms with van der Waals surface area (Å²) in [6.07, 6.45) is 6.56. The lowest BCUT2D eigenvalue weighted by atomic mass is 10.1. The molecule has 0 saturated heterocycles. The maximum Gasteiger partial charge on any atom is 0.287 e. The maximum absolute atomic E-state index is 11.9. The lowest BCUT2D eigenvalue weighted by molar-refractivity contribution is -0.384. The molecule has 1 amide bonds. The van der Waals surface area contributed by atoms with Crippen LogP contribution in [0.4, 0.5) is 5.69 Å². The van der Waals surface area contributed by atoms with Crippen LogP contribution in [0, 0.1) is 10.1 Å². The molecule has 3 N–H and O–H groups in total. The van der Waals surface area contributed by atoms with E-state index in [0.717, 1.165) is 38.6 Å². The number of aryl methyl sites for hydroxylation is 1. The summed E-state index contributed by atoms with van der Waals surface area (Å²) in [6.45, 7) is 1.31. The number of aromatic nitrogens is 1. The second-order valence-electron chi connectivity index (χ2n) is 4.76. The van der Waals surface area contributed by atoms with Crippen molar-refractivity contribution in [1.29, 1.82) is 0 Å². The Hall–Kier alpha value is -1.89. The molecule has 1 heterocycles. The quantitative estimate of drug-likeness (QED) is 0.407. The van der Waals surface area contributed by atoms with Gasteiger partial charge in [0.25, 0.3) is 11.6 Å². The Morgan fingerprint density at radius 3 is 2.60 bits per heavy atom. The van der Waals surface area contributed by atoms with E-state index < -0.39 is 4.92 Å². The van der Waals surface area contributed by atoms with Gasteiger partial charge in [-0.3, -0.25) is 14.9 Å². The summed E-state index contributed by atoms with van der Waals surface area (Å²) in [5.41, 5.74) is 5.64. The predicted octanol–water partition coefficient (Wildman–Crippen LogP) is 1.57. The second kappa shape index (κ2) is 8.31. The van der Waals surface area contributed by atoms with Crippen LogP contribution in [0.1, 0.15) is 42.6 Å². The Bertz CT molecular complexity index is 456. The summed E-state index contributed by atoms with van der Waals surface area (Å²) in [5.74, 6) is -0.275. The molecule has 0 spiro atoms. The Kier molecular flexibility index (Phi) is 6.72. The molecular weight excluding hydrogens is 260 g/mol. The highest BCUT2D eigenvalue weighted by Gasteiger charge is 2.16. The minimum Gasteiger partial charge on any atom is -0.351 e. The Balaban J connectivity index is 2.31. The van der Waals surface area contributed by atoms with Gasteiger partial charge >= 0.3 is 0 Å². The molecule has 1 aromatic heterocycles. The topological polar surface area (TPSA) is 103 Å². The van der Waals surface area contributed by atoms with Crippen LogP contribution in [-0.2, 0) is 7.05 Å².